The van der Waals surface area contributed by atoms with Crippen LogP contribution in [0.5, 0.6) is 0 Å². The van der Waals surface area contributed by atoms with Gasteiger partial charge in [-0.15, -0.1) is 0 Å². The van der Waals surface area contributed by atoms with Crippen molar-refractivity contribution in [3.8, 4) is 0 Å². The van der Waals surface area contributed by atoms with Crippen LogP contribution in [0.15, 0.2) is 0 Å². The molecule has 0 amide bonds. The van der Waals surface area contributed by atoms with E-state index in [1.165, 1.54) is 0 Å². The van der Waals surface area contributed by atoms with Gasteiger partial charge in [-0.25, -0.2) is 0 Å². The number of carboxylic acids is 2. The van der Waals surface area contributed by atoms with E-state index in [1.807, 2.05) is 0 Å². The third kappa shape index (κ3) is 11.3. The molecule has 0 aromatic heterocycles. The molecule has 6 heteroatoms. The van der Waals surface area contributed by atoms with E-state index in [4.69, 9.17) is 10.2 Å². The molecule has 0 aliphatic heterocycles. The first-order valence-corrected chi connectivity index (χ1v) is 2.27. The Morgan fingerprint density at radius 3 is 1.60 bits per heavy atom. The Morgan fingerprint density at radius 1 is 1.10 bits per heavy atom. The number of aliphatic carboxylic acids is 2. The third-order valence-corrected chi connectivity index (χ3v) is 0.552. The Balaban J connectivity index is 0. The van der Waals surface area contributed by atoms with E-state index >= 15 is 0 Å². The van der Waals surface area contributed by atoms with Crippen LogP contribution in [0.2, 0.25) is 0 Å². The standard InChI is InChI=1S/C4H7NO4.K.H/c6-3(7)1-5-2-4(8)9;;/h5H,1-2H2,(H,6,7)(H,8,9);;. The maximum atomic E-state index is 9.73. The van der Waals surface area contributed by atoms with Crippen LogP contribution >= 0.6 is 0 Å². The van der Waals surface area contributed by atoms with Gasteiger partial charge in [0.1, 0.15) is 0 Å². The Kier molecular flexibility index (Phi) is 10.0. The Bertz CT molecular complexity index is 112. The van der Waals surface area contributed by atoms with Gasteiger partial charge >= 0.3 is 63.3 Å². The van der Waals surface area contributed by atoms with Gasteiger partial charge in [0.05, 0.1) is 13.1 Å². The van der Waals surface area contributed by atoms with Crippen LogP contribution in [-0.4, -0.2) is 86.6 Å². The summed E-state index contributed by atoms with van der Waals surface area (Å²) in [5.41, 5.74) is 0. The fraction of sp³-hybridized carbons (Fsp3) is 0.500. The Morgan fingerprint density at radius 2 is 1.40 bits per heavy atom. The van der Waals surface area contributed by atoms with Crippen molar-refractivity contribution in [1.29, 1.82) is 0 Å². The van der Waals surface area contributed by atoms with Gasteiger partial charge in [-0.3, -0.25) is 14.9 Å². The molecule has 0 saturated heterocycles. The van der Waals surface area contributed by atoms with Gasteiger partial charge in [0.15, 0.2) is 0 Å². The summed E-state index contributed by atoms with van der Waals surface area (Å²) in [4.78, 5) is 19.5. The van der Waals surface area contributed by atoms with Gasteiger partial charge in [0.2, 0.25) is 0 Å². The summed E-state index contributed by atoms with van der Waals surface area (Å²) in [5.74, 6) is -2.12. The molecular weight excluding hydrogens is 165 g/mol. The van der Waals surface area contributed by atoms with Crippen molar-refractivity contribution in [2.24, 2.45) is 0 Å². The minimum absolute atomic E-state index is 0. The van der Waals surface area contributed by atoms with Crippen molar-refractivity contribution in [3.63, 3.8) is 0 Å². The van der Waals surface area contributed by atoms with Crippen LogP contribution in [0.1, 0.15) is 0 Å². The predicted molar refractivity (Wildman–Crippen MR) is 35.3 cm³/mol. The summed E-state index contributed by atoms with van der Waals surface area (Å²) in [6, 6.07) is 0. The second-order valence-corrected chi connectivity index (χ2v) is 1.39. The van der Waals surface area contributed by atoms with Crippen molar-refractivity contribution in [1.82, 2.24) is 5.32 Å². The monoisotopic (exact) mass is 173 g/mol. The SMILES string of the molecule is O=C(O)CNCC(=O)O.[KH]. The summed E-state index contributed by atoms with van der Waals surface area (Å²) in [7, 11) is 0. The Hall–Kier alpha value is 0.536. The predicted octanol–water partition coefficient (Wildman–Crippen LogP) is -1.90. The molecule has 0 heterocycles. The van der Waals surface area contributed by atoms with Gasteiger partial charge in [0.25, 0.3) is 0 Å². The van der Waals surface area contributed by atoms with Crippen LogP contribution in [-0.2, 0) is 9.59 Å². The molecule has 0 radical (unpaired) electrons. The average Bonchev–Trinajstić information content (AvgIpc) is 1.63. The quantitative estimate of drug-likeness (QED) is 0.432. The van der Waals surface area contributed by atoms with Gasteiger partial charge in [-0.2, -0.15) is 0 Å². The Labute approximate surface area is 100 Å². The molecule has 3 N–H and O–H groups in total. The fourth-order valence-corrected chi connectivity index (χ4v) is 0.276. The van der Waals surface area contributed by atoms with E-state index < -0.39 is 11.9 Å². The topological polar surface area (TPSA) is 86.6 Å². The first-order valence-electron chi connectivity index (χ1n) is 2.27. The summed E-state index contributed by atoms with van der Waals surface area (Å²) < 4.78 is 0. The van der Waals surface area contributed by atoms with Crippen LogP contribution in [0, 0.1) is 0 Å². The maximum absolute atomic E-state index is 9.73. The van der Waals surface area contributed by atoms with Crippen molar-refractivity contribution in [3.05, 3.63) is 0 Å². The summed E-state index contributed by atoms with van der Waals surface area (Å²) in [5, 5.41) is 18.1. The molecule has 0 aliphatic carbocycles. The van der Waals surface area contributed by atoms with Crippen molar-refractivity contribution in [2.75, 3.05) is 13.1 Å². The normalized spacial score (nSPS) is 8.00. The second kappa shape index (κ2) is 7.64. The first kappa shape index (κ1) is 13.1. The zero-order valence-electron chi connectivity index (χ0n) is 4.63. The van der Waals surface area contributed by atoms with E-state index in [0.717, 1.165) is 0 Å². The second-order valence-electron chi connectivity index (χ2n) is 1.39. The molecule has 0 aromatic rings. The van der Waals surface area contributed by atoms with Gasteiger partial charge in [-0.1, -0.05) is 0 Å². The molecular formula is C4H8KNO4. The number of carboxylic acid groups (broad SMARTS) is 2. The number of hydrogen-bond acceptors (Lipinski definition) is 3. The van der Waals surface area contributed by atoms with Crippen molar-refractivity contribution >= 4 is 63.3 Å². The molecule has 0 fully saturated rings. The summed E-state index contributed by atoms with van der Waals surface area (Å²) >= 11 is 0. The molecule has 0 saturated carbocycles. The van der Waals surface area contributed by atoms with Gasteiger partial charge in [0, 0.05) is 0 Å². The summed E-state index contributed by atoms with van der Waals surface area (Å²) in [6.45, 7) is -0.626. The third-order valence-electron chi connectivity index (χ3n) is 0.552. The number of hydrogen-bond donors (Lipinski definition) is 3. The molecule has 0 spiro atoms. The van der Waals surface area contributed by atoms with E-state index in [2.05, 4.69) is 5.32 Å². The molecule has 0 atom stereocenters. The number of carbonyl (C=O) groups is 2. The van der Waals surface area contributed by atoms with Crippen LogP contribution < -0.4 is 5.32 Å². The van der Waals surface area contributed by atoms with Gasteiger partial charge in [-0.05, 0) is 0 Å². The molecule has 0 aromatic carbocycles. The molecule has 5 nitrogen and oxygen atoms in total. The molecule has 0 bridgehead atoms. The fourth-order valence-electron chi connectivity index (χ4n) is 0.276. The summed E-state index contributed by atoms with van der Waals surface area (Å²) in [6.07, 6.45) is 0. The zero-order valence-corrected chi connectivity index (χ0v) is 4.63. The van der Waals surface area contributed by atoms with E-state index in [-0.39, 0.29) is 64.5 Å². The zero-order chi connectivity index (χ0) is 7.28. The van der Waals surface area contributed by atoms with Crippen LogP contribution in [0.3, 0.4) is 0 Å². The number of rotatable bonds is 4. The van der Waals surface area contributed by atoms with E-state index in [9.17, 15) is 9.59 Å². The first-order chi connectivity index (χ1) is 4.13. The molecule has 0 rings (SSSR count). The molecule has 10 heavy (non-hydrogen) atoms. The van der Waals surface area contributed by atoms with Gasteiger partial charge < -0.3 is 10.2 Å². The minimum atomic E-state index is -1.06. The van der Waals surface area contributed by atoms with E-state index in [1.54, 1.807) is 0 Å². The van der Waals surface area contributed by atoms with Crippen LogP contribution in [0.25, 0.3) is 0 Å². The van der Waals surface area contributed by atoms with Crippen LogP contribution in [0.4, 0.5) is 0 Å². The number of nitrogens with one attached hydrogen (secondary N) is 1. The van der Waals surface area contributed by atoms with E-state index in [0.29, 0.717) is 0 Å². The van der Waals surface area contributed by atoms with Crippen molar-refractivity contribution < 1.29 is 19.8 Å². The van der Waals surface area contributed by atoms with Crippen molar-refractivity contribution in [2.45, 2.75) is 0 Å². The molecule has 0 aliphatic rings. The average molecular weight is 173 g/mol. The molecule has 0 unspecified atom stereocenters. The molecule has 54 valence electrons.